The summed E-state index contributed by atoms with van der Waals surface area (Å²) in [7, 11) is 0. The van der Waals surface area contributed by atoms with Crippen molar-refractivity contribution in [3.05, 3.63) is 59.9 Å². The lowest BCUT2D eigenvalue weighted by Gasteiger charge is -1.96. The SMILES string of the molecule is Cc1nccc(C(=O)c2cc3ccccc3o2)n1. The standard InChI is InChI=1S/C14H10N2O2/c1-9-15-7-6-11(16-9)14(17)13-8-10-4-2-3-5-12(10)18-13/h2-8H,1H3. The molecular weight excluding hydrogens is 228 g/mol. The second-order valence-electron chi connectivity index (χ2n) is 3.97. The molecule has 0 unspecified atom stereocenters. The van der Waals surface area contributed by atoms with Crippen LogP contribution in [-0.2, 0) is 0 Å². The first-order chi connectivity index (χ1) is 8.74. The van der Waals surface area contributed by atoms with E-state index in [1.165, 1.54) is 0 Å². The van der Waals surface area contributed by atoms with Crippen LogP contribution in [-0.4, -0.2) is 15.8 Å². The van der Waals surface area contributed by atoms with Crippen LogP contribution < -0.4 is 0 Å². The van der Waals surface area contributed by atoms with E-state index in [2.05, 4.69) is 9.97 Å². The van der Waals surface area contributed by atoms with Gasteiger partial charge in [0.15, 0.2) is 5.76 Å². The molecule has 0 aliphatic carbocycles. The minimum atomic E-state index is -0.225. The number of furan rings is 1. The molecule has 0 radical (unpaired) electrons. The summed E-state index contributed by atoms with van der Waals surface area (Å²) >= 11 is 0. The number of carbonyl (C=O) groups is 1. The van der Waals surface area contributed by atoms with Crippen molar-refractivity contribution in [2.45, 2.75) is 6.92 Å². The molecule has 0 fully saturated rings. The Hall–Kier alpha value is -2.49. The van der Waals surface area contributed by atoms with Crippen LogP contribution in [0.3, 0.4) is 0 Å². The minimum Gasteiger partial charge on any atom is -0.453 e. The van der Waals surface area contributed by atoms with Crippen molar-refractivity contribution in [1.29, 1.82) is 0 Å². The van der Waals surface area contributed by atoms with Gasteiger partial charge < -0.3 is 4.42 Å². The van der Waals surface area contributed by atoms with Gasteiger partial charge in [-0.2, -0.15) is 0 Å². The van der Waals surface area contributed by atoms with Crippen molar-refractivity contribution < 1.29 is 9.21 Å². The average molecular weight is 238 g/mol. The van der Waals surface area contributed by atoms with Crippen LogP contribution in [0.2, 0.25) is 0 Å². The summed E-state index contributed by atoms with van der Waals surface area (Å²) in [6.45, 7) is 1.75. The fourth-order valence-corrected chi connectivity index (χ4v) is 1.80. The summed E-state index contributed by atoms with van der Waals surface area (Å²) in [4.78, 5) is 20.2. The second-order valence-corrected chi connectivity index (χ2v) is 3.97. The van der Waals surface area contributed by atoms with Crippen LogP contribution in [0.4, 0.5) is 0 Å². The van der Waals surface area contributed by atoms with E-state index in [1.54, 1.807) is 25.3 Å². The summed E-state index contributed by atoms with van der Waals surface area (Å²) in [6, 6.07) is 10.8. The highest BCUT2D eigenvalue weighted by molar-refractivity contribution is 6.07. The molecule has 1 aromatic carbocycles. The van der Waals surface area contributed by atoms with Crippen LogP contribution >= 0.6 is 0 Å². The zero-order valence-corrected chi connectivity index (χ0v) is 9.75. The van der Waals surface area contributed by atoms with Gasteiger partial charge in [0.2, 0.25) is 5.78 Å². The average Bonchev–Trinajstić information content (AvgIpc) is 2.81. The minimum absolute atomic E-state index is 0.225. The molecular formula is C14H10N2O2. The number of fused-ring (bicyclic) bond motifs is 1. The van der Waals surface area contributed by atoms with Crippen molar-refractivity contribution in [3.63, 3.8) is 0 Å². The third-order valence-corrected chi connectivity index (χ3v) is 2.66. The Morgan fingerprint density at radius 1 is 1.22 bits per heavy atom. The number of benzene rings is 1. The van der Waals surface area contributed by atoms with Gasteiger partial charge in [-0.05, 0) is 25.1 Å². The molecule has 0 amide bonds. The molecule has 0 atom stereocenters. The van der Waals surface area contributed by atoms with E-state index in [-0.39, 0.29) is 5.78 Å². The monoisotopic (exact) mass is 238 g/mol. The zero-order chi connectivity index (χ0) is 12.5. The number of hydrogen-bond donors (Lipinski definition) is 0. The Labute approximate surface area is 103 Å². The first-order valence-corrected chi connectivity index (χ1v) is 5.57. The van der Waals surface area contributed by atoms with Gasteiger partial charge >= 0.3 is 0 Å². The maximum Gasteiger partial charge on any atom is 0.246 e. The molecule has 0 spiro atoms. The highest BCUT2D eigenvalue weighted by Crippen LogP contribution is 2.20. The lowest BCUT2D eigenvalue weighted by atomic mass is 10.2. The summed E-state index contributed by atoms with van der Waals surface area (Å²) in [6.07, 6.45) is 1.57. The molecule has 4 nitrogen and oxygen atoms in total. The molecule has 0 N–H and O–H groups in total. The van der Waals surface area contributed by atoms with Crippen LogP contribution in [0, 0.1) is 6.92 Å². The highest BCUT2D eigenvalue weighted by atomic mass is 16.3. The van der Waals surface area contributed by atoms with Crippen LogP contribution in [0.1, 0.15) is 22.1 Å². The van der Waals surface area contributed by atoms with Crippen LogP contribution in [0.25, 0.3) is 11.0 Å². The molecule has 3 aromatic rings. The van der Waals surface area contributed by atoms with Gasteiger partial charge in [-0.25, -0.2) is 9.97 Å². The maximum atomic E-state index is 12.2. The fourth-order valence-electron chi connectivity index (χ4n) is 1.80. The molecule has 0 saturated heterocycles. The summed E-state index contributed by atoms with van der Waals surface area (Å²) in [5.74, 6) is 0.642. The number of aryl methyl sites for hydroxylation is 1. The van der Waals surface area contributed by atoms with E-state index < -0.39 is 0 Å². The number of carbonyl (C=O) groups excluding carboxylic acids is 1. The van der Waals surface area contributed by atoms with Crippen molar-refractivity contribution in [1.82, 2.24) is 9.97 Å². The zero-order valence-electron chi connectivity index (χ0n) is 9.75. The van der Waals surface area contributed by atoms with Gasteiger partial charge in [-0.15, -0.1) is 0 Å². The Morgan fingerprint density at radius 2 is 2.06 bits per heavy atom. The Bertz CT molecular complexity index is 698. The van der Waals surface area contributed by atoms with Crippen molar-refractivity contribution in [2.75, 3.05) is 0 Å². The third kappa shape index (κ3) is 1.78. The predicted molar refractivity (Wildman–Crippen MR) is 66.4 cm³/mol. The lowest BCUT2D eigenvalue weighted by Crippen LogP contribution is -2.04. The van der Waals surface area contributed by atoms with E-state index in [0.717, 1.165) is 5.39 Å². The Morgan fingerprint density at radius 3 is 2.83 bits per heavy atom. The lowest BCUT2D eigenvalue weighted by molar-refractivity contribution is 0.101. The summed E-state index contributed by atoms with van der Waals surface area (Å²) in [5.41, 5.74) is 1.05. The van der Waals surface area contributed by atoms with E-state index >= 15 is 0 Å². The first kappa shape index (κ1) is 10.7. The molecule has 2 aromatic heterocycles. The molecule has 0 bridgehead atoms. The van der Waals surface area contributed by atoms with E-state index in [1.807, 2.05) is 24.3 Å². The van der Waals surface area contributed by atoms with Gasteiger partial charge in [0.05, 0.1) is 0 Å². The van der Waals surface area contributed by atoms with Gasteiger partial charge in [0, 0.05) is 11.6 Å². The summed E-state index contributed by atoms with van der Waals surface area (Å²) < 4.78 is 5.51. The molecule has 3 rings (SSSR count). The Kier molecular flexibility index (Phi) is 2.41. The quantitative estimate of drug-likeness (QED) is 0.644. The van der Waals surface area contributed by atoms with Crippen molar-refractivity contribution >= 4 is 16.8 Å². The topological polar surface area (TPSA) is 56.0 Å². The van der Waals surface area contributed by atoms with E-state index in [4.69, 9.17) is 4.42 Å². The van der Waals surface area contributed by atoms with Gasteiger partial charge in [-0.3, -0.25) is 4.79 Å². The largest absolute Gasteiger partial charge is 0.453 e. The maximum absolute atomic E-state index is 12.2. The summed E-state index contributed by atoms with van der Waals surface area (Å²) in [5, 5.41) is 0.909. The molecule has 0 aliphatic heterocycles. The molecule has 4 heteroatoms. The second kappa shape index (κ2) is 4.07. The normalized spacial score (nSPS) is 10.7. The predicted octanol–water partition coefficient (Wildman–Crippen LogP) is 2.76. The Balaban J connectivity index is 2.06. The number of ketones is 1. The van der Waals surface area contributed by atoms with E-state index in [9.17, 15) is 4.79 Å². The molecule has 2 heterocycles. The van der Waals surface area contributed by atoms with Crippen LogP contribution in [0.15, 0.2) is 47.0 Å². The molecule has 0 saturated carbocycles. The van der Waals surface area contributed by atoms with Gasteiger partial charge in [0.1, 0.15) is 17.1 Å². The molecule has 0 aliphatic rings. The number of aromatic nitrogens is 2. The number of nitrogens with zero attached hydrogens (tertiary/aromatic N) is 2. The molecule has 18 heavy (non-hydrogen) atoms. The number of hydrogen-bond acceptors (Lipinski definition) is 4. The third-order valence-electron chi connectivity index (χ3n) is 2.66. The smallest absolute Gasteiger partial charge is 0.246 e. The van der Waals surface area contributed by atoms with Gasteiger partial charge in [0.25, 0.3) is 0 Å². The van der Waals surface area contributed by atoms with Crippen LogP contribution in [0.5, 0.6) is 0 Å². The van der Waals surface area contributed by atoms with Gasteiger partial charge in [-0.1, -0.05) is 18.2 Å². The first-order valence-electron chi connectivity index (χ1n) is 5.57. The van der Waals surface area contributed by atoms with E-state index in [0.29, 0.717) is 22.9 Å². The number of rotatable bonds is 2. The fraction of sp³-hybridized carbons (Fsp3) is 0.0714. The molecule has 88 valence electrons. The highest BCUT2D eigenvalue weighted by Gasteiger charge is 2.15. The van der Waals surface area contributed by atoms with Crippen molar-refractivity contribution in [3.8, 4) is 0 Å². The van der Waals surface area contributed by atoms with Crippen molar-refractivity contribution in [2.24, 2.45) is 0 Å². The number of para-hydroxylation sites is 1.